The van der Waals surface area contributed by atoms with Crippen molar-refractivity contribution in [3.05, 3.63) is 46.3 Å². The highest BCUT2D eigenvalue weighted by molar-refractivity contribution is 6.43. The van der Waals surface area contributed by atoms with Crippen molar-refractivity contribution in [2.24, 2.45) is 13.0 Å². The van der Waals surface area contributed by atoms with Gasteiger partial charge >= 0.3 is 0 Å². The highest BCUT2D eigenvalue weighted by Gasteiger charge is 2.30. The van der Waals surface area contributed by atoms with E-state index in [2.05, 4.69) is 22.5 Å². The topological polar surface area (TPSA) is 93.1 Å². The number of anilines is 1. The maximum atomic E-state index is 13.4. The number of aromatic nitrogens is 2. The number of nitrogens with zero attached hydrogens (tertiary/aromatic N) is 2. The molecular weight excluding hydrogens is 399 g/mol. The Hall–Kier alpha value is -3.03. The Morgan fingerprint density at radius 3 is 2.39 bits per heavy atom. The second-order valence-corrected chi connectivity index (χ2v) is 8.54. The first-order valence-electron chi connectivity index (χ1n) is 10.5. The Labute approximate surface area is 181 Å². The van der Waals surface area contributed by atoms with Crippen LogP contribution in [0, 0.1) is 32.6 Å². The average molecular weight is 429 g/mol. The minimum Gasteiger partial charge on any atom is -0.346 e. The molecule has 1 saturated carbocycles. The molecule has 0 atom stereocenters. The molecule has 3 rings (SSSR count). The molecule has 7 nitrogen and oxygen atoms in total. The van der Waals surface area contributed by atoms with Crippen molar-refractivity contribution in [1.82, 2.24) is 14.9 Å². The van der Waals surface area contributed by atoms with E-state index in [9.17, 15) is 18.8 Å². The van der Waals surface area contributed by atoms with Crippen molar-refractivity contribution in [3.63, 3.8) is 0 Å². The maximum Gasteiger partial charge on any atom is 0.294 e. The first-order chi connectivity index (χ1) is 14.6. The normalized spacial score (nSPS) is 18.5. The van der Waals surface area contributed by atoms with E-state index in [1.165, 1.54) is 12.3 Å². The molecule has 0 spiro atoms. The summed E-state index contributed by atoms with van der Waals surface area (Å²) in [7, 11) is 1.66. The molecule has 0 bridgehead atoms. The lowest BCUT2D eigenvalue weighted by Crippen LogP contribution is -2.41. The van der Waals surface area contributed by atoms with Crippen LogP contribution in [0.4, 0.5) is 10.1 Å². The predicted octanol–water partition coefficient (Wildman–Crippen LogP) is 3.61. The third kappa shape index (κ3) is 4.68. The smallest absolute Gasteiger partial charge is 0.294 e. The fourth-order valence-corrected chi connectivity index (χ4v) is 4.22. The van der Waals surface area contributed by atoms with Crippen molar-refractivity contribution in [3.8, 4) is 0 Å². The second kappa shape index (κ2) is 8.99. The third-order valence-corrected chi connectivity index (χ3v) is 6.20. The Kier molecular flexibility index (Phi) is 6.57. The quantitative estimate of drug-likeness (QED) is 0.432. The van der Waals surface area contributed by atoms with E-state index in [-0.39, 0.29) is 11.7 Å². The summed E-state index contributed by atoms with van der Waals surface area (Å²) in [5, 5.41) is 5.55. The first-order valence-corrected chi connectivity index (χ1v) is 10.5. The summed E-state index contributed by atoms with van der Waals surface area (Å²) < 4.78 is 15.0. The van der Waals surface area contributed by atoms with E-state index in [1.54, 1.807) is 32.4 Å². The van der Waals surface area contributed by atoms with Crippen LogP contribution in [0.15, 0.2) is 12.3 Å². The molecule has 0 radical (unpaired) electrons. The number of Topliss-reactive ketones (excluding diaryl/α,β-unsaturated/α-hetero) is 1. The van der Waals surface area contributed by atoms with Gasteiger partial charge in [-0.15, -0.1) is 0 Å². The van der Waals surface area contributed by atoms with E-state index in [0.29, 0.717) is 34.0 Å². The number of ketones is 1. The van der Waals surface area contributed by atoms with Crippen LogP contribution in [0.3, 0.4) is 0 Å². The molecule has 0 saturated heterocycles. The Morgan fingerprint density at radius 1 is 1.13 bits per heavy atom. The van der Waals surface area contributed by atoms with Crippen LogP contribution in [0.2, 0.25) is 0 Å². The number of halogens is 1. The summed E-state index contributed by atoms with van der Waals surface area (Å²) in [4.78, 5) is 42.1. The van der Waals surface area contributed by atoms with E-state index in [0.717, 1.165) is 25.7 Å². The predicted molar refractivity (Wildman–Crippen MR) is 116 cm³/mol. The molecule has 2 N–H and O–H groups in total. The zero-order valence-electron chi connectivity index (χ0n) is 18.6. The second-order valence-electron chi connectivity index (χ2n) is 8.54. The highest BCUT2D eigenvalue weighted by atomic mass is 19.1. The van der Waals surface area contributed by atoms with E-state index >= 15 is 0 Å². The highest BCUT2D eigenvalue weighted by Crippen LogP contribution is 2.25. The van der Waals surface area contributed by atoms with Crippen LogP contribution in [-0.4, -0.2) is 33.2 Å². The van der Waals surface area contributed by atoms with Gasteiger partial charge in [-0.2, -0.15) is 4.39 Å². The fourth-order valence-electron chi connectivity index (χ4n) is 4.22. The molecule has 0 aromatic carbocycles. The van der Waals surface area contributed by atoms with Gasteiger partial charge in [-0.1, -0.05) is 6.92 Å². The number of hydrogen-bond acceptors (Lipinski definition) is 4. The molecular formula is C23H29FN4O3. The number of amides is 2. The van der Waals surface area contributed by atoms with Gasteiger partial charge in [0.05, 0.1) is 23.1 Å². The number of hydrogen-bond donors (Lipinski definition) is 2. The van der Waals surface area contributed by atoms with Gasteiger partial charge in [0.15, 0.2) is 0 Å². The van der Waals surface area contributed by atoms with E-state index in [4.69, 9.17) is 0 Å². The molecule has 2 heterocycles. The number of rotatable bonds is 5. The summed E-state index contributed by atoms with van der Waals surface area (Å²) in [6.45, 7) is 7.11. The molecule has 8 heteroatoms. The van der Waals surface area contributed by atoms with Crippen LogP contribution >= 0.6 is 0 Å². The van der Waals surface area contributed by atoms with Crippen LogP contribution < -0.4 is 10.6 Å². The third-order valence-electron chi connectivity index (χ3n) is 6.20. The van der Waals surface area contributed by atoms with Gasteiger partial charge in [0, 0.05) is 24.3 Å². The molecule has 166 valence electrons. The van der Waals surface area contributed by atoms with Crippen LogP contribution in [0.1, 0.15) is 70.3 Å². The van der Waals surface area contributed by atoms with Crippen molar-refractivity contribution >= 4 is 23.3 Å². The summed E-state index contributed by atoms with van der Waals surface area (Å²) in [6.07, 6.45) is 5.03. The Balaban J connectivity index is 1.80. The lowest BCUT2D eigenvalue weighted by atomic mass is 9.87. The molecule has 1 aliphatic rings. The van der Waals surface area contributed by atoms with Gasteiger partial charge < -0.3 is 15.2 Å². The first kappa shape index (κ1) is 22.7. The molecule has 2 amide bonds. The molecule has 1 fully saturated rings. The van der Waals surface area contributed by atoms with Gasteiger partial charge in [0.2, 0.25) is 5.95 Å². The van der Waals surface area contributed by atoms with Gasteiger partial charge in [-0.3, -0.25) is 14.4 Å². The van der Waals surface area contributed by atoms with Gasteiger partial charge in [0.1, 0.15) is 0 Å². The average Bonchev–Trinajstić information content (AvgIpc) is 2.94. The Morgan fingerprint density at radius 2 is 1.77 bits per heavy atom. The van der Waals surface area contributed by atoms with Crippen molar-refractivity contribution in [2.45, 2.75) is 59.4 Å². The van der Waals surface area contributed by atoms with Gasteiger partial charge in [0.25, 0.3) is 17.6 Å². The van der Waals surface area contributed by atoms with Gasteiger partial charge in [-0.05, 0) is 64.0 Å². The molecule has 31 heavy (non-hydrogen) atoms. The largest absolute Gasteiger partial charge is 0.346 e. The number of pyridine rings is 1. The zero-order valence-corrected chi connectivity index (χ0v) is 18.6. The lowest BCUT2D eigenvalue weighted by Gasteiger charge is -2.26. The van der Waals surface area contributed by atoms with Crippen LogP contribution in [-0.2, 0) is 11.8 Å². The summed E-state index contributed by atoms with van der Waals surface area (Å²) in [6, 6.07) is 1.49. The summed E-state index contributed by atoms with van der Waals surface area (Å²) in [5.41, 5.74) is 2.16. The molecule has 0 unspecified atom stereocenters. The number of carbonyl (C=O) groups excluding carboxylic acids is 3. The minimum absolute atomic E-state index is 0.00584. The lowest BCUT2D eigenvalue weighted by molar-refractivity contribution is -0.118. The molecule has 0 aliphatic heterocycles. The van der Waals surface area contributed by atoms with E-state index < -0.39 is 23.5 Å². The van der Waals surface area contributed by atoms with Crippen molar-refractivity contribution in [2.75, 3.05) is 5.32 Å². The number of aryl methyl sites for hydroxylation is 1. The summed E-state index contributed by atoms with van der Waals surface area (Å²) in [5.74, 6) is -1.70. The number of carbonyl (C=O) groups is 3. The van der Waals surface area contributed by atoms with Crippen LogP contribution in [0.25, 0.3) is 0 Å². The Bertz CT molecular complexity index is 1040. The number of nitrogens with one attached hydrogen (secondary N) is 2. The van der Waals surface area contributed by atoms with Crippen molar-refractivity contribution < 1.29 is 18.8 Å². The zero-order chi connectivity index (χ0) is 22.9. The van der Waals surface area contributed by atoms with Gasteiger partial charge in [-0.25, -0.2) is 4.98 Å². The SMILES string of the molecule is Cc1cc(NC(=O)c2c(C)c(C(=O)C(=O)NC3CCC(C)CC3)n(C)c2C)cnc1F. The minimum atomic E-state index is -0.653. The summed E-state index contributed by atoms with van der Waals surface area (Å²) >= 11 is 0. The molecule has 2 aromatic rings. The fraction of sp³-hybridized carbons (Fsp3) is 0.478. The molecule has 1 aliphatic carbocycles. The van der Waals surface area contributed by atoms with Crippen molar-refractivity contribution in [1.29, 1.82) is 0 Å². The maximum absolute atomic E-state index is 13.4. The molecule has 2 aromatic heterocycles. The monoisotopic (exact) mass is 428 g/mol. The van der Waals surface area contributed by atoms with Crippen LogP contribution in [0.5, 0.6) is 0 Å². The standard InChI is InChI=1S/C23H29FN4O3/c1-12-6-8-16(9-7-12)26-23(31)20(29)19-14(3)18(15(4)28(19)5)22(30)27-17-10-13(2)21(24)25-11-17/h10-12,16H,6-9H2,1-5H3,(H,26,31)(H,27,30). The van der Waals surface area contributed by atoms with E-state index in [1.807, 2.05) is 0 Å².